The van der Waals surface area contributed by atoms with Gasteiger partial charge in [-0.05, 0) is 41.6 Å². The number of anilines is 2. The van der Waals surface area contributed by atoms with Crippen LogP contribution in [0.3, 0.4) is 0 Å². The van der Waals surface area contributed by atoms with Crippen molar-refractivity contribution in [2.75, 3.05) is 5.32 Å². The number of hydrogen-bond donors (Lipinski definition) is 1. The fourth-order valence-corrected chi connectivity index (χ4v) is 4.32. The maximum atomic E-state index is 6.20. The zero-order valence-corrected chi connectivity index (χ0v) is 16.2. The lowest BCUT2D eigenvalue weighted by Gasteiger charge is -2.15. The molecule has 0 bridgehead atoms. The first-order valence-corrected chi connectivity index (χ1v) is 9.78. The van der Waals surface area contributed by atoms with Crippen LogP contribution < -0.4 is 5.32 Å². The Morgan fingerprint density at radius 2 is 1.85 bits per heavy atom. The van der Waals surface area contributed by atoms with Gasteiger partial charge in [0.05, 0.1) is 5.39 Å². The van der Waals surface area contributed by atoms with E-state index in [0.717, 1.165) is 39.3 Å². The summed E-state index contributed by atoms with van der Waals surface area (Å²) < 4.78 is 0. The number of hydrogen-bond acceptors (Lipinski definition) is 4. The molecule has 1 N–H and O–H groups in total. The SMILES string of the molecule is CCc1cccc(C)c1Nc1nc(Cl)nc2scc(-c3ccccc3)c12. The van der Waals surface area contributed by atoms with Gasteiger partial charge in [0.15, 0.2) is 0 Å². The third kappa shape index (κ3) is 3.06. The molecule has 4 aromatic rings. The molecule has 0 fully saturated rings. The van der Waals surface area contributed by atoms with Gasteiger partial charge in [-0.25, -0.2) is 4.98 Å². The zero-order chi connectivity index (χ0) is 18.1. The van der Waals surface area contributed by atoms with E-state index in [1.54, 1.807) is 11.3 Å². The summed E-state index contributed by atoms with van der Waals surface area (Å²) in [5.74, 6) is 0.754. The Morgan fingerprint density at radius 1 is 1.04 bits per heavy atom. The van der Waals surface area contributed by atoms with Crippen LogP contribution in [0.1, 0.15) is 18.1 Å². The highest BCUT2D eigenvalue weighted by Gasteiger charge is 2.16. The first-order valence-electron chi connectivity index (χ1n) is 8.53. The molecule has 0 spiro atoms. The Bertz CT molecular complexity index is 1070. The molecule has 26 heavy (non-hydrogen) atoms. The van der Waals surface area contributed by atoms with Crippen molar-refractivity contribution < 1.29 is 0 Å². The van der Waals surface area contributed by atoms with Gasteiger partial charge in [-0.1, -0.05) is 55.5 Å². The lowest BCUT2D eigenvalue weighted by molar-refractivity contribution is 1.13. The Kier molecular flexibility index (Phi) is 4.62. The van der Waals surface area contributed by atoms with E-state index in [2.05, 4.69) is 64.8 Å². The Hall–Kier alpha value is -2.43. The van der Waals surface area contributed by atoms with E-state index < -0.39 is 0 Å². The second-order valence-corrected chi connectivity index (χ2v) is 7.32. The van der Waals surface area contributed by atoms with Crippen molar-refractivity contribution in [3.05, 3.63) is 70.3 Å². The van der Waals surface area contributed by atoms with Crippen molar-refractivity contribution in [3.8, 4) is 11.1 Å². The molecular formula is C21H18ClN3S. The van der Waals surface area contributed by atoms with Crippen LogP contribution in [0.2, 0.25) is 5.28 Å². The highest BCUT2D eigenvalue weighted by atomic mass is 35.5. The summed E-state index contributed by atoms with van der Waals surface area (Å²) in [6, 6.07) is 16.6. The summed E-state index contributed by atoms with van der Waals surface area (Å²) in [6.45, 7) is 4.26. The van der Waals surface area contributed by atoms with E-state index in [0.29, 0.717) is 0 Å². The van der Waals surface area contributed by atoms with Crippen LogP contribution in [0.4, 0.5) is 11.5 Å². The highest BCUT2D eigenvalue weighted by Crippen LogP contribution is 2.39. The van der Waals surface area contributed by atoms with Gasteiger partial charge in [-0.2, -0.15) is 4.98 Å². The van der Waals surface area contributed by atoms with Crippen molar-refractivity contribution >= 4 is 44.7 Å². The van der Waals surface area contributed by atoms with Gasteiger partial charge in [-0.15, -0.1) is 11.3 Å². The maximum Gasteiger partial charge on any atom is 0.225 e. The molecule has 0 aliphatic carbocycles. The minimum Gasteiger partial charge on any atom is -0.339 e. The number of benzene rings is 2. The van der Waals surface area contributed by atoms with Gasteiger partial charge >= 0.3 is 0 Å². The van der Waals surface area contributed by atoms with Crippen LogP contribution >= 0.6 is 22.9 Å². The number of nitrogens with zero attached hydrogens (tertiary/aromatic N) is 2. The Morgan fingerprint density at radius 3 is 2.62 bits per heavy atom. The average molecular weight is 380 g/mol. The van der Waals surface area contributed by atoms with Gasteiger partial charge in [0.25, 0.3) is 0 Å². The Balaban J connectivity index is 1.92. The topological polar surface area (TPSA) is 37.8 Å². The summed E-state index contributed by atoms with van der Waals surface area (Å²) >= 11 is 7.79. The van der Waals surface area contributed by atoms with Gasteiger partial charge in [0.1, 0.15) is 10.6 Å². The second kappa shape index (κ2) is 7.06. The van der Waals surface area contributed by atoms with Crippen LogP contribution in [0.15, 0.2) is 53.9 Å². The van der Waals surface area contributed by atoms with Gasteiger partial charge < -0.3 is 5.32 Å². The molecule has 2 aromatic carbocycles. The standard InChI is InChI=1S/C21H18ClN3S/c1-3-14-11-7-8-13(2)18(14)23-19-17-16(15-9-5-4-6-10-15)12-26-20(17)25-21(22)24-19/h4-12H,3H2,1-2H3,(H,23,24,25). The van der Waals surface area contributed by atoms with E-state index in [4.69, 9.17) is 11.6 Å². The number of fused-ring (bicyclic) bond motifs is 1. The number of aromatic nitrogens is 2. The summed E-state index contributed by atoms with van der Waals surface area (Å²) in [7, 11) is 0. The van der Waals surface area contributed by atoms with E-state index in [9.17, 15) is 0 Å². The van der Waals surface area contributed by atoms with Crippen LogP contribution in [-0.2, 0) is 6.42 Å². The van der Waals surface area contributed by atoms with Gasteiger partial charge in [-0.3, -0.25) is 0 Å². The monoisotopic (exact) mass is 379 g/mol. The molecule has 3 nitrogen and oxygen atoms in total. The molecule has 0 saturated heterocycles. The van der Waals surface area contributed by atoms with Crippen molar-refractivity contribution in [2.45, 2.75) is 20.3 Å². The minimum atomic E-state index is 0.257. The first kappa shape index (κ1) is 17.0. The molecule has 0 amide bonds. The van der Waals surface area contributed by atoms with Crippen molar-refractivity contribution in [1.29, 1.82) is 0 Å². The van der Waals surface area contributed by atoms with E-state index >= 15 is 0 Å². The molecule has 0 unspecified atom stereocenters. The lowest BCUT2D eigenvalue weighted by atomic mass is 10.0. The van der Waals surface area contributed by atoms with Crippen molar-refractivity contribution in [1.82, 2.24) is 9.97 Å². The molecular weight excluding hydrogens is 362 g/mol. The summed E-state index contributed by atoms with van der Waals surface area (Å²) in [5, 5.41) is 6.93. The average Bonchev–Trinajstić information content (AvgIpc) is 3.08. The number of halogens is 1. The van der Waals surface area contributed by atoms with E-state index in [1.165, 1.54) is 11.1 Å². The molecule has 0 aliphatic heterocycles. The maximum absolute atomic E-state index is 6.20. The molecule has 0 saturated carbocycles. The van der Waals surface area contributed by atoms with E-state index in [1.807, 2.05) is 18.2 Å². The molecule has 4 rings (SSSR count). The largest absolute Gasteiger partial charge is 0.339 e. The van der Waals surface area contributed by atoms with Crippen LogP contribution in [0.25, 0.3) is 21.3 Å². The first-order chi connectivity index (χ1) is 12.7. The van der Waals surface area contributed by atoms with Crippen LogP contribution in [-0.4, -0.2) is 9.97 Å². The van der Waals surface area contributed by atoms with Crippen LogP contribution in [0.5, 0.6) is 0 Å². The molecule has 2 heterocycles. The number of rotatable bonds is 4. The third-order valence-electron chi connectivity index (χ3n) is 4.47. The number of para-hydroxylation sites is 1. The normalized spacial score (nSPS) is 11.0. The third-order valence-corrected chi connectivity index (χ3v) is 5.52. The zero-order valence-electron chi connectivity index (χ0n) is 14.6. The molecule has 2 aromatic heterocycles. The van der Waals surface area contributed by atoms with Gasteiger partial charge in [0, 0.05) is 16.6 Å². The number of thiophene rings is 1. The van der Waals surface area contributed by atoms with E-state index in [-0.39, 0.29) is 5.28 Å². The number of nitrogens with one attached hydrogen (secondary N) is 1. The molecule has 0 radical (unpaired) electrons. The van der Waals surface area contributed by atoms with Crippen molar-refractivity contribution in [3.63, 3.8) is 0 Å². The highest BCUT2D eigenvalue weighted by molar-refractivity contribution is 7.17. The predicted molar refractivity (Wildman–Crippen MR) is 112 cm³/mol. The van der Waals surface area contributed by atoms with Crippen LogP contribution in [0, 0.1) is 6.92 Å². The van der Waals surface area contributed by atoms with Gasteiger partial charge in [0.2, 0.25) is 5.28 Å². The summed E-state index contributed by atoms with van der Waals surface area (Å²) in [4.78, 5) is 9.83. The molecule has 0 atom stereocenters. The summed E-state index contributed by atoms with van der Waals surface area (Å²) in [6.07, 6.45) is 0.946. The Labute approximate surface area is 161 Å². The predicted octanol–water partition coefficient (Wildman–Crippen LogP) is 6.63. The quantitative estimate of drug-likeness (QED) is 0.404. The molecule has 130 valence electrons. The van der Waals surface area contributed by atoms with Crippen molar-refractivity contribution in [2.24, 2.45) is 0 Å². The fraction of sp³-hybridized carbons (Fsp3) is 0.143. The summed E-state index contributed by atoms with van der Waals surface area (Å²) in [5.41, 5.74) is 5.80. The fourth-order valence-electron chi connectivity index (χ4n) is 3.16. The minimum absolute atomic E-state index is 0.257. The molecule has 0 aliphatic rings. The molecule has 5 heteroatoms. The second-order valence-electron chi connectivity index (χ2n) is 6.12. The smallest absolute Gasteiger partial charge is 0.225 e. The lowest BCUT2D eigenvalue weighted by Crippen LogP contribution is -2.01. The number of aryl methyl sites for hydroxylation is 2.